The number of carbonyl (C=O) groups excluding carboxylic acids is 2. The van der Waals surface area contributed by atoms with Gasteiger partial charge in [-0.1, -0.05) is 37.6 Å². The maximum Gasteiger partial charge on any atom is 0.279 e. The molecule has 1 aromatic heterocycles. The lowest BCUT2D eigenvalue weighted by Gasteiger charge is -2.15. The molecule has 2 amide bonds. The molecule has 9 heteroatoms. The molecule has 2 aromatic rings. The Kier molecular flexibility index (Phi) is 6.79. The molecule has 27 heavy (non-hydrogen) atoms. The van der Waals surface area contributed by atoms with Gasteiger partial charge in [-0.15, -0.1) is 0 Å². The van der Waals surface area contributed by atoms with Gasteiger partial charge < -0.3 is 4.74 Å². The number of hydrogen-bond donors (Lipinski definition) is 2. The van der Waals surface area contributed by atoms with Gasteiger partial charge >= 0.3 is 0 Å². The Morgan fingerprint density at radius 3 is 2.56 bits per heavy atom. The first-order chi connectivity index (χ1) is 12.7. The maximum absolute atomic E-state index is 13.6. The summed E-state index contributed by atoms with van der Waals surface area (Å²) < 4.78 is 20.4. The summed E-state index contributed by atoms with van der Waals surface area (Å²) in [6.45, 7) is 7.66. The number of para-hydroxylation sites is 1. The van der Waals surface area contributed by atoms with Gasteiger partial charge in [-0.05, 0) is 31.9 Å². The van der Waals surface area contributed by atoms with E-state index in [-0.39, 0.29) is 16.5 Å². The largest absolute Gasteiger partial charge is 0.478 e. The Balaban J connectivity index is 1.98. The first-order valence-electron chi connectivity index (χ1n) is 8.45. The van der Waals surface area contributed by atoms with Crippen molar-refractivity contribution in [3.63, 3.8) is 0 Å². The highest BCUT2D eigenvalue weighted by Crippen LogP contribution is 2.21. The quantitative estimate of drug-likeness (QED) is 0.735. The predicted molar refractivity (Wildman–Crippen MR) is 98.9 cm³/mol. The van der Waals surface area contributed by atoms with E-state index < -0.39 is 23.7 Å². The summed E-state index contributed by atoms with van der Waals surface area (Å²) in [5.41, 5.74) is 5.15. The van der Waals surface area contributed by atoms with Gasteiger partial charge in [0.1, 0.15) is 10.7 Å². The molecule has 1 aromatic carbocycles. The molecule has 0 aliphatic heterocycles. The first-order valence-corrected chi connectivity index (χ1v) is 8.82. The van der Waals surface area contributed by atoms with Crippen molar-refractivity contribution >= 4 is 23.4 Å². The monoisotopic (exact) mass is 396 g/mol. The number of benzene rings is 1. The van der Waals surface area contributed by atoms with E-state index in [1.54, 1.807) is 17.7 Å². The Bertz CT molecular complexity index is 838. The van der Waals surface area contributed by atoms with E-state index in [0.717, 1.165) is 0 Å². The molecule has 1 atom stereocenters. The molecule has 0 bridgehead atoms. The minimum absolute atomic E-state index is 0.0553. The van der Waals surface area contributed by atoms with E-state index in [1.807, 2.05) is 13.8 Å². The fraction of sp³-hybridized carbons (Fsp3) is 0.389. The average Bonchev–Trinajstić information content (AvgIpc) is 2.87. The highest BCUT2D eigenvalue weighted by molar-refractivity contribution is 6.33. The molecular formula is C18H22ClFN4O3. The molecule has 2 N–H and O–H groups in total. The third-order valence-corrected chi connectivity index (χ3v) is 4.02. The minimum atomic E-state index is -1.03. The topological polar surface area (TPSA) is 85.3 Å². The van der Waals surface area contributed by atoms with Crippen LogP contribution in [0.4, 0.5) is 4.39 Å². The van der Waals surface area contributed by atoms with Gasteiger partial charge in [-0.25, -0.2) is 4.39 Å². The highest BCUT2D eigenvalue weighted by Gasteiger charge is 2.22. The van der Waals surface area contributed by atoms with Gasteiger partial charge in [-0.2, -0.15) is 5.10 Å². The standard InChI is InChI=1S/C18H22ClFN4O3/c1-10(2)9-24-16(19)15(11(3)23-24)18(26)22-21-17(25)12(4)27-14-8-6-5-7-13(14)20/h5-8,10,12H,9H2,1-4H3,(H,21,25)(H,22,26). The molecule has 1 unspecified atom stereocenters. The van der Waals surface area contributed by atoms with Crippen LogP contribution >= 0.6 is 11.6 Å². The van der Waals surface area contributed by atoms with Crippen LogP contribution in [0.1, 0.15) is 36.8 Å². The molecule has 0 saturated heterocycles. The van der Waals surface area contributed by atoms with Crippen molar-refractivity contribution in [2.24, 2.45) is 5.92 Å². The Morgan fingerprint density at radius 2 is 1.93 bits per heavy atom. The number of hydrogen-bond acceptors (Lipinski definition) is 4. The van der Waals surface area contributed by atoms with Gasteiger partial charge in [0.25, 0.3) is 11.8 Å². The number of nitrogens with one attached hydrogen (secondary N) is 2. The zero-order valence-electron chi connectivity index (χ0n) is 15.5. The fourth-order valence-corrected chi connectivity index (χ4v) is 2.67. The fourth-order valence-electron chi connectivity index (χ4n) is 2.34. The molecule has 0 fully saturated rings. The average molecular weight is 397 g/mol. The molecule has 0 aliphatic carbocycles. The van der Waals surface area contributed by atoms with E-state index in [2.05, 4.69) is 16.0 Å². The van der Waals surface area contributed by atoms with Gasteiger partial charge in [0, 0.05) is 6.54 Å². The number of carbonyl (C=O) groups is 2. The summed E-state index contributed by atoms with van der Waals surface area (Å²) in [5.74, 6) is -1.58. The Morgan fingerprint density at radius 1 is 1.26 bits per heavy atom. The van der Waals surface area contributed by atoms with Crippen molar-refractivity contribution in [3.05, 3.63) is 46.5 Å². The van der Waals surface area contributed by atoms with Crippen LogP contribution in [-0.4, -0.2) is 27.7 Å². The molecule has 0 aliphatic rings. The van der Waals surface area contributed by atoms with E-state index in [4.69, 9.17) is 16.3 Å². The number of ether oxygens (including phenoxy) is 1. The van der Waals surface area contributed by atoms with E-state index in [9.17, 15) is 14.0 Å². The molecule has 0 spiro atoms. The smallest absolute Gasteiger partial charge is 0.279 e. The molecule has 7 nitrogen and oxygen atoms in total. The lowest BCUT2D eigenvalue weighted by molar-refractivity contribution is -0.128. The molecule has 146 valence electrons. The third-order valence-electron chi connectivity index (χ3n) is 3.64. The molecule has 2 rings (SSSR count). The van der Waals surface area contributed by atoms with Gasteiger partial charge in [0.15, 0.2) is 17.7 Å². The number of amides is 2. The minimum Gasteiger partial charge on any atom is -0.478 e. The summed E-state index contributed by atoms with van der Waals surface area (Å²) in [4.78, 5) is 24.4. The summed E-state index contributed by atoms with van der Waals surface area (Å²) >= 11 is 6.23. The SMILES string of the molecule is Cc1nn(CC(C)C)c(Cl)c1C(=O)NNC(=O)C(C)Oc1ccccc1F. The number of hydrazine groups is 1. The van der Waals surface area contributed by atoms with Crippen LogP contribution in [0.3, 0.4) is 0 Å². The summed E-state index contributed by atoms with van der Waals surface area (Å²) in [5, 5.41) is 4.44. The summed E-state index contributed by atoms with van der Waals surface area (Å²) in [6.07, 6.45) is -1.03. The maximum atomic E-state index is 13.6. The van der Waals surface area contributed by atoms with E-state index in [1.165, 1.54) is 25.1 Å². The molecule has 0 radical (unpaired) electrons. The van der Waals surface area contributed by atoms with E-state index in [0.29, 0.717) is 18.2 Å². The molecule has 0 saturated carbocycles. The Hall–Kier alpha value is -2.61. The highest BCUT2D eigenvalue weighted by atomic mass is 35.5. The summed E-state index contributed by atoms with van der Waals surface area (Å²) in [7, 11) is 0. The third kappa shape index (κ3) is 5.19. The zero-order valence-corrected chi connectivity index (χ0v) is 16.3. The van der Waals surface area contributed by atoms with Gasteiger partial charge in [-0.3, -0.25) is 25.1 Å². The van der Waals surface area contributed by atoms with Crippen LogP contribution in [0, 0.1) is 18.7 Å². The number of aromatic nitrogens is 2. The number of nitrogens with zero attached hydrogens (tertiary/aromatic N) is 2. The normalized spacial score (nSPS) is 12.0. The second-order valence-corrected chi connectivity index (χ2v) is 6.82. The second-order valence-electron chi connectivity index (χ2n) is 6.46. The predicted octanol–water partition coefficient (Wildman–Crippen LogP) is 2.87. The Labute approximate surface area is 161 Å². The van der Waals surface area contributed by atoms with Crippen LogP contribution in [0.5, 0.6) is 5.75 Å². The van der Waals surface area contributed by atoms with Gasteiger partial charge in [0.05, 0.1) is 5.69 Å². The molecule has 1 heterocycles. The lowest BCUT2D eigenvalue weighted by atomic mass is 10.2. The van der Waals surface area contributed by atoms with Crippen molar-refractivity contribution < 1.29 is 18.7 Å². The molecular weight excluding hydrogens is 375 g/mol. The number of aryl methyl sites for hydroxylation is 1. The lowest BCUT2D eigenvalue weighted by Crippen LogP contribution is -2.47. The summed E-state index contributed by atoms with van der Waals surface area (Å²) in [6, 6.07) is 5.73. The number of halogens is 2. The second kappa shape index (κ2) is 8.85. The van der Waals surface area contributed by atoms with Crippen LogP contribution in [0.15, 0.2) is 24.3 Å². The van der Waals surface area contributed by atoms with Crippen molar-refractivity contribution in [1.82, 2.24) is 20.6 Å². The zero-order chi connectivity index (χ0) is 20.1. The van der Waals surface area contributed by atoms with Gasteiger partial charge in [0.2, 0.25) is 0 Å². The van der Waals surface area contributed by atoms with Crippen molar-refractivity contribution in [3.8, 4) is 5.75 Å². The van der Waals surface area contributed by atoms with Crippen molar-refractivity contribution in [2.45, 2.75) is 40.3 Å². The first kappa shape index (κ1) is 20.7. The van der Waals surface area contributed by atoms with Crippen LogP contribution in [0.2, 0.25) is 5.15 Å². The van der Waals surface area contributed by atoms with Crippen LogP contribution in [0.25, 0.3) is 0 Å². The van der Waals surface area contributed by atoms with Crippen molar-refractivity contribution in [1.29, 1.82) is 0 Å². The van der Waals surface area contributed by atoms with Crippen molar-refractivity contribution in [2.75, 3.05) is 0 Å². The van der Waals surface area contributed by atoms with Crippen LogP contribution < -0.4 is 15.6 Å². The number of rotatable bonds is 6. The van der Waals surface area contributed by atoms with E-state index >= 15 is 0 Å². The van der Waals surface area contributed by atoms with Crippen LogP contribution in [-0.2, 0) is 11.3 Å².